The minimum Gasteiger partial charge on any atom is -0.464 e. The first kappa shape index (κ1) is 11.5. The Kier molecular flexibility index (Phi) is 3.28. The summed E-state index contributed by atoms with van der Waals surface area (Å²) in [7, 11) is 0. The molecule has 0 saturated heterocycles. The van der Waals surface area contributed by atoms with Crippen molar-refractivity contribution in [3.63, 3.8) is 0 Å². The Labute approximate surface area is 113 Å². The van der Waals surface area contributed by atoms with Crippen LogP contribution >= 0.6 is 0 Å². The highest BCUT2D eigenvalue weighted by atomic mass is 16.5. The minimum absolute atomic E-state index is 0.886. The lowest BCUT2D eigenvalue weighted by Crippen LogP contribution is -1.91. The molecule has 1 aliphatic heterocycles. The van der Waals surface area contributed by atoms with Gasteiger partial charge in [-0.15, -0.1) is 0 Å². The number of rotatable bonds is 2. The lowest BCUT2D eigenvalue weighted by atomic mass is 10.0. The summed E-state index contributed by atoms with van der Waals surface area (Å²) in [4.78, 5) is 0. The third-order valence-corrected chi connectivity index (χ3v) is 3.00. The topological polar surface area (TPSA) is 9.23 Å². The second-order valence-corrected chi connectivity index (χ2v) is 4.28. The summed E-state index contributed by atoms with van der Waals surface area (Å²) in [6.45, 7) is 0. The van der Waals surface area contributed by atoms with Crippen LogP contribution in [0.4, 0.5) is 0 Å². The standard InChI is InChI=1S/C18H14O/c1-3-9-15(10-4-1)17-13-7-8-14-19-18(17)16-11-5-2-6-12-16/h1-14H. The van der Waals surface area contributed by atoms with Crippen LogP contribution in [0.5, 0.6) is 0 Å². The van der Waals surface area contributed by atoms with E-state index < -0.39 is 0 Å². The third kappa shape index (κ3) is 2.50. The summed E-state index contributed by atoms with van der Waals surface area (Å²) >= 11 is 0. The molecule has 0 aliphatic carbocycles. The molecule has 1 aliphatic rings. The summed E-state index contributed by atoms with van der Waals surface area (Å²) in [5, 5.41) is 0. The van der Waals surface area contributed by atoms with Crippen molar-refractivity contribution in [1.82, 2.24) is 0 Å². The molecule has 0 saturated carbocycles. The zero-order chi connectivity index (χ0) is 12.9. The van der Waals surface area contributed by atoms with Crippen molar-refractivity contribution >= 4 is 11.3 Å². The van der Waals surface area contributed by atoms with Crippen LogP contribution in [0.15, 0.2) is 85.2 Å². The summed E-state index contributed by atoms with van der Waals surface area (Å²) < 4.78 is 5.79. The fraction of sp³-hybridized carbons (Fsp3) is 0. The number of allylic oxidation sites excluding steroid dienone is 4. The number of ether oxygens (including phenoxy) is 1. The van der Waals surface area contributed by atoms with Gasteiger partial charge in [0.05, 0.1) is 6.26 Å². The van der Waals surface area contributed by atoms with E-state index in [0.29, 0.717) is 0 Å². The molecule has 0 aromatic heterocycles. The van der Waals surface area contributed by atoms with Crippen LogP contribution in [-0.4, -0.2) is 0 Å². The van der Waals surface area contributed by atoms with E-state index in [1.807, 2.05) is 48.6 Å². The van der Waals surface area contributed by atoms with Crippen molar-refractivity contribution in [2.75, 3.05) is 0 Å². The highest BCUT2D eigenvalue weighted by molar-refractivity contribution is 5.93. The van der Waals surface area contributed by atoms with E-state index in [1.165, 1.54) is 0 Å². The first-order valence-corrected chi connectivity index (χ1v) is 6.30. The molecule has 0 bridgehead atoms. The lowest BCUT2D eigenvalue weighted by Gasteiger charge is -2.11. The quantitative estimate of drug-likeness (QED) is 0.749. The molecule has 2 aromatic rings. The van der Waals surface area contributed by atoms with E-state index in [-0.39, 0.29) is 0 Å². The highest BCUT2D eigenvalue weighted by Crippen LogP contribution is 2.30. The van der Waals surface area contributed by atoms with E-state index >= 15 is 0 Å². The summed E-state index contributed by atoms with van der Waals surface area (Å²) in [5.41, 5.74) is 3.33. The van der Waals surface area contributed by atoms with Crippen molar-refractivity contribution < 1.29 is 4.74 Å². The van der Waals surface area contributed by atoms with Gasteiger partial charge in [0, 0.05) is 11.1 Å². The summed E-state index contributed by atoms with van der Waals surface area (Å²) in [5.74, 6) is 0.886. The molecule has 1 nitrogen and oxygen atoms in total. The van der Waals surface area contributed by atoms with Crippen molar-refractivity contribution in [2.45, 2.75) is 0 Å². The Bertz CT molecular complexity index is 634. The molecule has 1 heterocycles. The molecule has 0 unspecified atom stereocenters. The maximum absolute atomic E-state index is 5.79. The highest BCUT2D eigenvalue weighted by Gasteiger charge is 2.11. The minimum atomic E-state index is 0.886. The Morgan fingerprint density at radius 3 is 1.95 bits per heavy atom. The average molecular weight is 246 g/mol. The van der Waals surface area contributed by atoms with E-state index in [9.17, 15) is 0 Å². The van der Waals surface area contributed by atoms with Gasteiger partial charge in [0.1, 0.15) is 5.76 Å². The third-order valence-electron chi connectivity index (χ3n) is 3.00. The number of hydrogen-bond donors (Lipinski definition) is 0. The van der Waals surface area contributed by atoms with Crippen LogP contribution < -0.4 is 0 Å². The predicted molar refractivity (Wildman–Crippen MR) is 79.1 cm³/mol. The summed E-state index contributed by atoms with van der Waals surface area (Å²) in [6.07, 6.45) is 7.70. The molecule has 1 heteroatoms. The van der Waals surface area contributed by atoms with Gasteiger partial charge in [-0.3, -0.25) is 0 Å². The molecule has 92 valence electrons. The van der Waals surface area contributed by atoms with Crippen molar-refractivity contribution in [3.05, 3.63) is 96.3 Å². The second-order valence-electron chi connectivity index (χ2n) is 4.28. The van der Waals surface area contributed by atoms with Gasteiger partial charge in [0.2, 0.25) is 0 Å². The molecule has 2 aromatic carbocycles. The fourth-order valence-corrected chi connectivity index (χ4v) is 2.10. The molecular weight excluding hydrogens is 232 g/mol. The average Bonchev–Trinajstić information content (AvgIpc) is 2.75. The number of hydrogen-bond acceptors (Lipinski definition) is 1. The van der Waals surface area contributed by atoms with Crippen LogP contribution in [-0.2, 0) is 4.74 Å². The van der Waals surface area contributed by atoms with Crippen LogP contribution in [0.2, 0.25) is 0 Å². The molecule has 3 rings (SSSR count). The van der Waals surface area contributed by atoms with Crippen LogP contribution in [0.3, 0.4) is 0 Å². The first-order chi connectivity index (χ1) is 9.45. The van der Waals surface area contributed by atoms with Gasteiger partial charge < -0.3 is 4.74 Å². The molecule has 0 radical (unpaired) electrons. The van der Waals surface area contributed by atoms with Crippen LogP contribution in [0.1, 0.15) is 11.1 Å². The molecule has 0 fully saturated rings. The summed E-state index contributed by atoms with van der Waals surface area (Å²) in [6, 6.07) is 20.5. The van der Waals surface area contributed by atoms with Gasteiger partial charge in [-0.1, -0.05) is 72.8 Å². The van der Waals surface area contributed by atoms with Crippen LogP contribution in [0, 0.1) is 0 Å². The lowest BCUT2D eigenvalue weighted by molar-refractivity contribution is 0.439. The Hall–Kier alpha value is -2.54. The van der Waals surface area contributed by atoms with E-state index in [0.717, 1.165) is 22.5 Å². The molecule has 19 heavy (non-hydrogen) atoms. The Morgan fingerprint density at radius 2 is 1.26 bits per heavy atom. The largest absolute Gasteiger partial charge is 0.464 e. The van der Waals surface area contributed by atoms with Gasteiger partial charge in [-0.25, -0.2) is 0 Å². The Balaban J connectivity index is 2.17. The molecule has 0 atom stereocenters. The van der Waals surface area contributed by atoms with Crippen molar-refractivity contribution in [1.29, 1.82) is 0 Å². The van der Waals surface area contributed by atoms with Gasteiger partial charge in [-0.2, -0.15) is 0 Å². The smallest absolute Gasteiger partial charge is 0.141 e. The van der Waals surface area contributed by atoms with Crippen molar-refractivity contribution in [3.8, 4) is 0 Å². The second kappa shape index (κ2) is 5.40. The van der Waals surface area contributed by atoms with Gasteiger partial charge in [0.15, 0.2) is 0 Å². The van der Waals surface area contributed by atoms with Gasteiger partial charge >= 0.3 is 0 Å². The maximum Gasteiger partial charge on any atom is 0.141 e. The van der Waals surface area contributed by atoms with Gasteiger partial charge in [0.25, 0.3) is 0 Å². The van der Waals surface area contributed by atoms with E-state index in [1.54, 1.807) is 6.26 Å². The number of benzene rings is 2. The molecule has 0 amide bonds. The normalized spacial score (nSPS) is 14.1. The van der Waals surface area contributed by atoms with Crippen LogP contribution in [0.25, 0.3) is 11.3 Å². The zero-order valence-corrected chi connectivity index (χ0v) is 10.5. The molecule has 0 spiro atoms. The molecular formula is C18H14O. The monoisotopic (exact) mass is 246 g/mol. The predicted octanol–water partition coefficient (Wildman–Crippen LogP) is 4.66. The SMILES string of the molecule is C1=COC(c2ccccc2)=C(c2ccccc2)C=C1. The van der Waals surface area contributed by atoms with E-state index in [2.05, 4.69) is 30.3 Å². The first-order valence-electron chi connectivity index (χ1n) is 6.30. The maximum atomic E-state index is 5.79. The van der Waals surface area contributed by atoms with E-state index in [4.69, 9.17) is 4.74 Å². The van der Waals surface area contributed by atoms with Gasteiger partial charge in [-0.05, 0) is 11.6 Å². The fourth-order valence-electron chi connectivity index (χ4n) is 2.10. The van der Waals surface area contributed by atoms with Crippen molar-refractivity contribution in [2.24, 2.45) is 0 Å². The molecule has 0 N–H and O–H groups in total. The zero-order valence-electron chi connectivity index (χ0n) is 10.5. The Morgan fingerprint density at radius 1 is 0.632 bits per heavy atom.